The first-order valence-electron chi connectivity index (χ1n) is 9.10. The van der Waals surface area contributed by atoms with Gasteiger partial charge < -0.3 is 14.6 Å². The molecule has 3 rings (SSSR count). The molecule has 1 N–H and O–H groups in total. The molecule has 10 heteroatoms. The van der Waals surface area contributed by atoms with Crippen LogP contribution in [0.15, 0.2) is 44.5 Å². The van der Waals surface area contributed by atoms with E-state index in [-0.39, 0.29) is 21.7 Å². The molecule has 0 unspecified atom stereocenters. The molecule has 1 aromatic carbocycles. The molecule has 1 saturated heterocycles. The number of hydrogen-bond acceptors (Lipinski definition) is 6. The number of sulfonamides is 1. The van der Waals surface area contributed by atoms with Gasteiger partial charge in [-0.25, -0.2) is 8.42 Å². The van der Waals surface area contributed by atoms with Crippen molar-refractivity contribution in [1.29, 1.82) is 0 Å². The molecule has 0 bridgehead atoms. The van der Waals surface area contributed by atoms with Crippen molar-refractivity contribution in [2.24, 2.45) is 0 Å². The number of nitrogens with zero attached hydrogens (tertiary/aromatic N) is 2. The minimum atomic E-state index is -3.68. The molecule has 0 atom stereocenters. The lowest BCUT2D eigenvalue weighted by molar-refractivity contribution is 0.0995. The van der Waals surface area contributed by atoms with Crippen LogP contribution in [0.25, 0.3) is 0 Å². The van der Waals surface area contributed by atoms with E-state index in [1.165, 1.54) is 22.2 Å². The van der Waals surface area contributed by atoms with E-state index >= 15 is 0 Å². The fourth-order valence-electron chi connectivity index (χ4n) is 2.93. The van der Waals surface area contributed by atoms with Crippen molar-refractivity contribution in [2.45, 2.75) is 29.6 Å². The van der Waals surface area contributed by atoms with E-state index < -0.39 is 15.9 Å². The zero-order valence-corrected chi connectivity index (χ0v) is 18.1. The molecular weight excluding hydrogens is 414 g/mol. The van der Waals surface area contributed by atoms with Gasteiger partial charge in [-0.05, 0) is 43.7 Å². The molecule has 29 heavy (non-hydrogen) atoms. The fraction of sp³-hybridized carbons (Fsp3) is 0.368. The van der Waals surface area contributed by atoms with E-state index in [4.69, 9.17) is 4.42 Å². The predicted molar refractivity (Wildman–Crippen MR) is 111 cm³/mol. The predicted octanol–water partition coefficient (Wildman–Crippen LogP) is 3.40. The van der Waals surface area contributed by atoms with Crippen molar-refractivity contribution in [3.8, 4) is 0 Å². The Bertz CT molecular complexity index is 1020. The zero-order chi connectivity index (χ0) is 21.2. The number of anilines is 1. The minimum absolute atomic E-state index is 0.00926. The molecule has 0 saturated carbocycles. The van der Waals surface area contributed by atoms with Crippen LogP contribution in [0.3, 0.4) is 0 Å². The maximum atomic E-state index is 12.8. The lowest BCUT2D eigenvalue weighted by atomic mass is 10.3. The number of carbonyl (C=O) groups is 2. The molecule has 0 aliphatic carbocycles. The molecule has 2 heterocycles. The van der Waals surface area contributed by atoms with Crippen LogP contribution in [-0.2, 0) is 10.0 Å². The monoisotopic (exact) mass is 437 g/mol. The van der Waals surface area contributed by atoms with Crippen molar-refractivity contribution < 1.29 is 22.4 Å². The third kappa shape index (κ3) is 4.65. The molecule has 1 fully saturated rings. The van der Waals surface area contributed by atoms with E-state index in [9.17, 15) is 18.0 Å². The number of rotatable bonds is 5. The first kappa shape index (κ1) is 21.4. The van der Waals surface area contributed by atoms with E-state index in [0.29, 0.717) is 23.7 Å². The number of aryl methyl sites for hydroxylation is 1. The second-order valence-corrected chi connectivity index (χ2v) is 9.75. The van der Waals surface area contributed by atoms with Gasteiger partial charge in [0.25, 0.3) is 11.1 Å². The standard InChI is InChI=1S/C19H23N3O5S2/c1-13-17(29(25,26)22-10-6-7-11-22)12-15(27-13)18(23)20-14-8-4-5-9-16(14)28-19(24)21(2)3/h4-5,8-9,12H,6-7,10-11H2,1-3H3,(H,20,23). The molecular formula is C19H23N3O5S2. The molecule has 1 aliphatic rings. The zero-order valence-electron chi connectivity index (χ0n) is 16.5. The summed E-state index contributed by atoms with van der Waals surface area (Å²) in [6.07, 6.45) is 1.65. The minimum Gasteiger partial charge on any atom is -0.455 e. The average molecular weight is 438 g/mol. The van der Waals surface area contributed by atoms with Gasteiger partial charge in [-0.2, -0.15) is 4.31 Å². The molecule has 1 aliphatic heterocycles. The van der Waals surface area contributed by atoms with E-state index in [0.717, 1.165) is 24.6 Å². The molecule has 2 amide bonds. The number of hydrogen-bond donors (Lipinski definition) is 1. The van der Waals surface area contributed by atoms with Crippen LogP contribution in [0.1, 0.15) is 29.2 Å². The van der Waals surface area contributed by atoms with Crippen LogP contribution in [-0.4, -0.2) is 56.0 Å². The number of para-hydroxylation sites is 1. The van der Waals surface area contributed by atoms with Crippen molar-refractivity contribution in [3.63, 3.8) is 0 Å². The highest BCUT2D eigenvalue weighted by molar-refractivity contribution is 8.13. The van der Waals surface area contributed by atoms with Gasteiger partial charge in [0.2, 0.25) is 10.0 Å². The Kier molecular flexibility index (Phi) is 6.35. The fourth-order valence-corrected chi connectivity index (χ4v) is 5.35. The summed E-state index contributed by atoms with van der Waals surface area (Å²) >= 11 is 0.984. The van der Waals surface area contributed by atoms with Gasteiger partial charge in [-0.15, -0.1) is 0 Å². The molecule has 0 spiro atoms. The quantitative estimate of drug-likeness (QED) is 0.720. The van der Waals surface area contributed by atoms with E-state index in [1.807, 2.05) is 0 Å². The lowest BCUT2D eigenvalue weighted by Gasteiger charge is -2.14. The summed E-state index contributed by atoms with van der Waals surface area (Å²) < 4.78 is 32.4. The smallest absolute Gasteiger partial charge is 0.291 e. The summed E-state index contributed by atoms with van der Waals surface area (Å²) in [5, 5.41) is 2.52. The molecule has 156 valence electrons. The largest absolute Gasteiger partial charge is 0.455 e. The van der Waals surface area contributed by atoms with Crippen LogP contribution in [0, 0.1) is 6.92 Å². The third-order valence-electron chi connectivity index (χ3n) is 4.48. The Morgan fingerprint density at radius 1 is 1.17 bits per heavy atom. The van der Waals surface area contributed by atoms with Crippen LogP contribution in [0.5, 0.6) is 0 Å². The molecule has 1 aromatic heterocycles. The maximum Gasteiger partial charge on any atom is 0.291 e. The number of thioether (sulfide) groups is 1. The highest BCUT2D eigenvalue weighted by atomic mass is 32.2. The molecule has 8 nitrogen and oxygen atoms in total. The average Bonchev–Trinajstić information content (AvgIpc) is 3.33. The van der Waals surface area contributed by atoms with Crippen molar-refractivity contribution in [2.75, 3.05) is 32.5 Å². The number of amides is 2. The highest BCUT2D eigenvalue weighted by Gasteiger charge is 2.31. The van der Waals surface area contributed by atoms with Crippen molar-refractivity contribution in [3.05, 3.63) is 41.9 Å². The molecule has 0 radical (unpaired) electrons. The van der Waals surface area contributed by atoms with Gasteiger partial charge in [0.05, 0.1) is 5.69 Å². The Labute approximate surface area is 174 Å². The van der Waals surface area contributed by atoms with Gasteiger partial charge >= 0.3 is 0 Å². The Morgan fingerprint density at radius 2 is 1.83 bits per heavy atom. The van der Waals surface area contributed by atoms with E-state index in [1.54, 1.807) is 38.4 Å². The van der Waals surface area contributed by atoms with Crippen LogP contribution in [0.4, 0.5) is 10.5 Å². The summed E-state index contributed by atoms with van der Waals surface area (Å²) in [5.74, 6) is -0.507. The maximum absolute atomic E-state index is 12.8. The second kappa shape index (κ2) is 8.60. The highest BCUT2D eigenvalue weighted by Crippen LogP contribution is 2.30. The summed E-state index contributed by atoms with van der Waals surface area (Å²) in [6.45, 7) is 2.47. The normalized spacial score (nSPS) is 14.7. The van der Waals surface area contributed by atoms with Crippen LogP contribution < -0.4 is 5.32 Å². The van der Waals surface area contributed by atoms with Gasteiger partial charge in [0.15, 0.2) is 5.76 Å². The van der Waals surface area contributed by atoms with Crippen molar-refractivity contribution >= 4 is 38.6 Å². The van der Waals surface area contributed by atoms with Crippen LogP contribution in [0.2, 0.25) is 0 Å². The summed E-state index contributed by atoms with van der Waals surface area (Å²) in [5.41, 5.74) is 0.440. The second-order valence-electron chi connectivity index (χ2n) is 6.85. The van der Waals surface area contributed by atoms with Gasteiger partial charge in [-0.1, -0.05) is 12.1 Å². The Hall–Kier alpha value is -2.30. The van der Waals surface area contributed by atoms with Gasteiger partial charge in [0.1, 0.15) is 10.7 Å². The van der Waals surface area contributed by atoms with Gasteiger partial charge in [0, 0.05) is 38.1 Å². The number of nitrogens with one attached hydrogen (secondary N) is 1. The SMILES string of the molecule is Cc1oc(C(=O)Nc2ccccc2SC(=O)N(C)C)cc1S(=O)(=O)N1CCCC1. The first-order valence-corrected chi connectivity index (χ1v) is 11.4. The lowest BCUT2D eigenvalue weighted by Crippen LogP contribution is -2.28. The number of benzene rings is 1. The molecule has 2 aromatic rings. The summed E-state index contributed by atoms with van der Waals surface area (Å²) in [6, 6.07) is 8.15. The summed E-state index contributed by atoms with van der Waals surface area (Å²) in [7, 11) is -0.397. The number of carbonyl (C=O) groups excluding carboxylic acids is 2. The van der Waals surface area contributed by atoms with E-state index in [2.05, 4.69) is 5.32 Å². The Morgan fingerprint density at radius 3 is 2.48 bits per heavy atom. The van der Waals surface area contributed by atoms with Gasteiger partial charge in [-0.3, -0.25) is 9.59 Å². The first-order chi connectivity index (χ1) is 13.7. The number of furan rings is 1. The Balaban J connectivity index is 1.82. The van der Waals surface area contributed by atoms with Crippen molar-refractivity contribution in [1.82, 2.24) is 9.21 Å². The third-order valence-corrected chi connectivity index (χ3v) is 7.60. The summed E-state index contributed by atoms with van der Waals surface area (Å²) in [4.78, 5) is 26.7. The topological polar surface area (TPSA) is 99.9 Å². The van der Waals surface area contributed by atoms with Crippen LogP contribution >= 0.6 is 11.8 Å².